The second-order valence-electron chi connectivity index (χ2n) is 7.22. The fourth-order valence-corrected chi connectivity index (χ4v) is 2.97. The molecule has 1 heterocycles. The summed E-state index contributed by atoms with van der Waals surface area (Å²) in [4.78, 5) is 4.75. The van der Waals surface area contributed by atoms with E-state index in [0.717, 1.165) is 51.0 Å². The van der Waals surface area contributed by atoms with Crippen molar-refractivity contribution in [3.8, 4) is 0 Å². The van der Waals surface area contributed by atoms with Crippen LogP contribution in [0.4, 0.5) is 0 Å². The molecule has 1 fully saturated rings. The van der Waals surface area contributed by atoms with E-state index in [1.54, 1.807) is 7.11 Å². The first-order chi connectivity index (χ1) is 11.6. The summed E-state index contributed by atoms with van der Waals surface area (Å²) in [6.07, 6.45) is 8.36. The largest absolute Gasteiger partial charge is 0.381 e. The van der Waals surface area contributed by atoms with Gasteiger partial charge in [-0.2, -0.15) is 0 Å². The van der Waals surface area contributed by atoms with Crippen LogP contribution < -0.4 is 10.6 Å². The molecule has 6 heteroatoms. The molecule has 1 rings (SSSR count). The van der Waals surface area contributed by atoms with Gasteiger partial charge in [0.25, 0.3) is 0 Å². The molecule has 5 nitrogen and oxygen atoms in total. The molecule has 1 saturated heterocycles. The Hall–Kier alpha value is -0.0800. The van der Waals surface area contributed by atoms with E-state index < -0.39 is 0 Å². The van der Waals surface area contributed by atoms with Crippen molar-refractivity contribution in [2.24, 2.45) is 10.9 Å². The molecule has 150 valence electrons. The second-order valence-corrected chi connectivity index (χ2v) is 7.22. The van der Waals surface area contributed by atoms with Crippen molar-refractivity contribution >= 4 is 29.9 Å². The smallest absolute Gasteiger partial charge is 0.191 e. The van der Waals surface area contributed by atoms with E-state index in [9.17, 15) is 0 Å². The normalized spacial score (nSPS) is 17.2. The minimum atomic E-state index is -0.155. The summed E-state index contributed by atoms with van der Waals surface area (Å²) in [6.45, 7) is 10.8. The first-order valence-electron chi connectivity index (χ1n) is 9.77. The highest BCUT2D eigenvalue weighted by atomic mass is 127. The number of unbranched alkanes of at least 4 members (excludes halogenated alkanes) is 3. The predicted molar refractivity (Wildman–Crippen MR) is 117 cm³/mol. The van der Waals surface area contributed by atoms with Crippen LogP contribution in [0.3, 0.4) is 0 Å². The SMILES string of the molecule is CCNC(=NCC1(OC)CCOCC1)NCCCCCCC(C)C.I. The van der Waals surface area contributed by atoms with Gasteiger partial charge in [0.15, 0.2) is 5.96 Å². The van der Waals surface area contributed by atoms with E-state index in [0.29, 0.717) is 6.54 Å². The molecule has 0 spiro atoms. The van der Waals surface area contributed by atoms with Crippen molar-refractivity contribution in [2.75, 3.05) is 40.0 Å². The summed E-state index contributed by atoms with van der Waals surface area (Å²) in [7, 11) is 1.79. The minimum absolute atomic E-state index is 0. The summed E-state index contributed by atoms with van der Waals surface area (Å²) in [5.41, 5.74) is -0.155. The number of halogens is 1. The fourth-order valence-electron chi connectivity index (χ4n) is 2.97. The molecule has 0 aromatic rings. The van der Waals surface area contributed by atoms with E-state index in [2.05, 4.69) is 31.4 Å². The summed E-state index contributed by atoms with van der Waals surface area (Å²) in [5.74, 6) is 1.73. The van der Waals surface area contributed by atoms with Gasteiger partial charge in [0.2, 0.25) is 0 Å². The molecular formula is C19H40IN3O2. The molecule has 0 aromatic heterocycles. The highest BCUT2D eigenvalue weighted by molar-refractivity contribution is 14.0. The number of methoxy groups -OCH3 is 1. The molecule has 0 aliphatic carbocycles. The lowest BCUT2D eigenvalue weighted by molar-refractivity contribution is -0.0828. The van der Waals surface area contributed by atoms with Gasteiger partial charge in [-0.15, -0.1) is 24.0 Å². The Balaban J connectivity index is 0.00000576. The molecule has 0 atom stereocenters. The number of nitrogens with zero attached hydrogens (tertiary/aromatic N) is 1. The minimum Gasteiger partial charge on any atom is -0.381 e. The Morgan fingerprint density at radius 3 is 2.40 bits per heavy atom. The number of rotatable bonds is 11. The zero-order valence-electron chi connectivity index (χ0n) is 16.7. The molecule has 2 N–H and O–H groups in total. The van der Waals surface area contributed by atoms with E-state index in [-0.39, 0.29) is 29.6 Å². The topological polar surface area (TPSA) is 54.9 Å². The third-order valence-corrected chi connectivity index (χ3v) is 4.71. The molecule has 0 saturated carbocycles. The van der Waals surface area contributed by atoms with Crippen LogP contribution in [0.5, 0.6) is 0 Å². The highest BCUT2D eigenvalue weighted by Gasteiger charge is 2.32. The number of nitrogens with one attached hydrogen (secondary N) is 2. The monoisotopic (exact) mass is 469 g/mol. The van der Waals surface area contributed by atoms with Crippen molar-refractivity contribution in [1.29, 1.82) is 0 Å². The number of ether oxygens (including phenoxy) is 2. The van der Waals surface area contributed by atoms with Crippen LogP contribution in [0.15, 0.2) is 4.99 Å². The van der Waals surface area contributed by atoms with E-state index in [4.69, 9.17) is 14.5 Å². The van der Waals surface area contributed by atoms with Crippen molar-refractivity contribution < 1.29 is 9.47 Å². The Morgan fingerprint density at radius 2 is 1.80 bits per heavy atom. The predicted octanol–water partition coefficient (Wildman–Crippen LogP) is 3.96. The molecular weight excluding hydrogens is 429 g/mol. The molecule has 1 aliphatic heterocycles. The van der Waals surface area contributed by atoms with Gasteiger partial charge < -0.3 is 20.1 Å². The molecule has 0 radical (unpaired) electrons. The maximum absolute atomic E-state index is 5.75. The third kappa shape index (κ3) is 11.3. The van der Waals surface area contributed by atoms with Crippen LogP contribution in [0, 0.1) is 5.92 Å². The lowest BCUT2D eigenvalue weighted by atomic mass is 9.94. The second kappa shape index (κ2) is 15.0. The lowest BCUT2D eigenvalue weighted by Crippen LogP contribution is -2.44. The summed E-state index contributed by atoms with van der Waals surface area (Å²) in [6, 6.07) is 0. The molecule has 25 heavy (non-hydrogen) atoms. The first kappa shape index (κ1) is 24.9. The van der Waals surface area contributed by atoms with E-state index >= 15 is 0 Å². The Bertz CT molecular complexity index is 346. The summed E-state index contributed by atoms with van der Waals surface area (Å²) in [5, 5.41) is 6.79. The van der Waals surface area contributed by atoms with Gasteiger partial charge in [-0.1, -0.05) is 39.5 Å². The molecule has 0 amide bonds. The van der Waals surface area contributed by atoms with Crippen LogP contribution in [0.25, 0.3) is 0 Å². The van der Waals surface area contributed by atoms with Crippen LogP contribution in [-0.2, 0) is 9.47 Å². The van der Waals surface area contributed by atoms with Crippen LogP contribution in [0.1, 0.15) is 65.7 Å². The highest BCUT2D eigenvalue weighted by Crippen LogP contribution is 2.24. The quantitative estimate of drug-likeness (QED) is 0.208. The van der Waals surface area contributed by atoms with Gasteiger partial charge in [-0.25, -0.2) is 0 Å². The summed E-state index contributed by atoms with van der Waals surface area (Å²) >= 11 is 0. The van der Waals surface area contributed by atoms with Crippen molar-refractivity contribution in [3.05, 3.63) is 0 Å². The number of aliphatic imine (C=N–C) groups is 1. The number of hydrogen-bond acceptors (Lipinski definition) is 3. The fraction of sp³-hybridized carbons (Fsp3) is 0.947. The number of hydrogen-bond donors (Lipinski definition) is 2. The van der Waals surface area contributed by atoms with Crippen molar-refractivity contribution in [1.82, 2.24) is 10.6 Å². The van der Waals surface area contributed by atoms with Crippen molar-refractivity contribution in [3.63, 3.8) is 0 Å². The third-order valence-electron chi connectivity index (χ3n) is 4.71. The maximum atomic E-state index is 5.75. The van der Waals surface area contributed by atoms with Gasteiger partial charge in [0, 0.05) is 46.3 Å². The lowest BCUT2D eigenvalue weighted by Gasteiger charge is -2.34. The van der Waals surface area contributed by atoms with Crippen LogP contribution >= 0.6 is 24.0 Å². The van der Waals surface area contributed by atoms with Gasteiger partial charge >= 0.3 is 0 Å². The van der Waals surface area contributed by atoms with E-state index in [1.807, 2.05) is 0 Å². The van der Waals surface area contributed by atoms with Crippen LogP contribution in [-0.4, -0.2) is 51.5 Å². The van der Waals surface area contributed by atoms with Gasteiger partial charge in [0.1, 0.15) is 0 Å². The number of guanidine groups is 1. The zero-order valence-corrected chi connectivity index (χ0v) is 19.1. The Kier molecular flexibility index (Phi) is 15.0. The van der Waals surface area contributed by atoms with Gasteiger partial charge in [-0.05, 0) is 19.3 Å². The first-order valence-corrected chi connectivity index (χ1v) is 9.77. The molecule has 0 bridgehead atoms. The molecule has 0 aromatic carbocycles. The van der Waals surface area contributed by atoms with Gasteiger partial charge in [0.05, 0.1) is 12.1 Å². The zero-order chi connectivity index (χ0) is 17.7. The maximum Gasteiger partial charge on any atom is 0.191 e. The molecule has 1 aliphatic rings. The standard InChI is InChI=1S/C19H39N3O2.HI/c1-5-20-18(21-13-9-7-6-8-10-17(2)3)22-16-19(23-4)11-14-24-15-12-19;/h17H,5-16H2,1-4H3,(H2,20,21,22);1H. The van der Waals surface area contributed by atoms with E-state index in [1.165, 1.54) is 32.1 Å². The Morgan fingerprint density at radius 1 is 1.12 bits per heavy atom. The Labute approximate surface area is 172 Å². The van der Waals surface area contributed by atoms with Crippen LogP contribution in [0.2, 0.25) is 0 Å². The molecule has 0 unspecified atom stereocenters. The average molecular weight is 469 g/mol. The average Bonchev–Trinajstić information content (AvgIpc) is 2.59. The summed E-state index contributed by atoms with van der Waals surface area (Å²) < 4.78 is 11.2. The van der Waals surface area contributed by atoms with Crippen molar-refractivity contribution in [2.45, 2.75) is 71.3 Å². The van der Waals surface area contributed by atoms with Gasteiger partial charge in [-0.3, -0.25) is 4.99 Å².